The molecule has 0 amide bonds. The van der Waals surface area contributed by atoms with E-state index in [1.807, 2.05) is 11.3 Å². The predicted octanol–water partition coefficient (Wildman–Crippen LogP) is 3.88. The molecule has 1 fully saturated rings. The van der Waals surface area contributed by atoms with Gasteiger partial charge in [-0.05, 0) is 39.3 Å². The van der Waals surface area contributed by atoms with Crippen molar-refractivity contribution >= 4 is 23.1 Å². The molecule has 1 N–H and O–H groups in total. The second kappa shape index (κ2) is 6.82. The Hall–Kier alpha value is -0.0300. The molecule has 0 spiro atoms. The number of nitrogens with zero attached hydrogens (tertiary/aromatic N) is 1. The fraction of sp³-hybridized carbons (Fsp3) is 0.750. The van der Waals surface area contributed by atoms with Crippen LogP contribution in [0.3, 0.4) is 0 Å². The van der Waals surface area contributed by atoms with Crippen molar-refractivity contribution in [1.29, 1.82) is 0 Å². The molecule has 2 nitrogen and oxygen atoms in total. The van der Waals surface area contributed by atoms with Gasteiger partial charge in [-0.2, -0.15) is 11.8 Å². The minimum absolute atomic E-state index is 0.192. The van der Waals surface area contributed by atoms with Crippen LogP contribution in [0, 0.1) is 6.92 Å². The van der Waals surface area contributed by atoms with Gasteiger partial charge in [0.1, 0.15) is 0 Å². The molecule has 0 saturated carbocycles. The van der Waals surface area contributed by atoms with Gasteiger partial charge in [-0.3, -0.25) is 4.90 Å². The van der Waals surface area contributed by atoms with Crippen LogP contribution in [0.1, 0.15) is 43.0 Å². The van der Waals surface area contributed by atoms with Crippen molar-refractivity contribution in [2.75, 3.05) is 18.8 Å². The maximum atomic E-state index is 3.58. The second-order valence-corrected chi connectivity index (χ2v) is 9.70. The number of hydrogen-bond acceptors (Lipinski definition) is 4. The van der Waals surface area contributed by atoms with Gasteiger partial charge < -0.3 is 5.32 Å². The zero-order chi connectivity index (χ0) is 14.8. The molecular formula is C16H28N2S2. The van der Waals surface area contributed by atoms with Crippen molar-refractivity contribution in [2.45, 2.75) is 58.5 Å². The molecule has 4 heteroatoms. The molecule has 1 aromatic heterocycles. The van der Waals surface area contributed by atoms with Gasteiger partial charge >= 0.3 is 0 Å². The Bertz CT molecular complexity index is 434. The maximum absolute atomic E-state index is 3.58. The first kappa shape index (κ1) is 16.3. The van der Waals surface area contributed by atoms with E-state index < -0.39 is 0 Å². The highest BCUT2D eigenvalue weighted by Gasteiger charge is 2.18. The lowest BCUT2D eigenvalue weighted by Gasteiger charge is -2.30. The summed E-state index contributed by atoms with van der Waals surface area (Å²) in [4.78, 5) is 5.56. The average Bonchev–Trinajstić information content (AvgIpc) is 2.67. The van der Waals surface area contributed by atoms with Crippen LogP contribution in [0.15, 0.2) is 6.07 Å². The van der Waals surface area contributed by atoms with Crippen LogP contribution in [0.5, 0.6) is 0 Å². The van der Waals surface area contributed by atoms with Crippen molar-refractivity contribution in [3.8, 4) is 0 Å². The molecule has 2 rings (SSSR count). The summed E-state index contributed by atoms with van der Waals surface area (Å²) in [6.07, 6.45) is 0. The molecular weight excluding hydrogens is 284 g/mol. The van der Waals surface area contributed by atoms with Gasteiger partial charge in [0.15, 0.2) is 0 Å². The van der Waals surface area contributed by atoms with Crippen molar-refractivity contribution in [3.63, 3.8) is 0 Å². The fourth-order valence-corrected chi connectivity index (χ4v) is 4.53. The van der Waals surface area contributed by atoms with Gasteiger partial charge in [0.25, 0.3) is 0 Å². The van der Waals surface area contributed by atoms with E-state index in [0.717, 1.165) is 18.3 Å². The lowest BCUT2D eigenvalue weighted by molar-refractivity contribution is 0.278. The Labute approximate surface area is 132 Å². The molecule has 0 aliphatic carbocycles. The third-order valence-electron chi connectivity index (χ3n) is 3.58. The Morgan fingerprint density at radius 1 is 1.40 bits per heavy atom. The molecule has 20 heavy (non-hydrogen) atoms. The highest BCUT2D eigenvalue weighted by atomic mass is 32.2. The quantitative estimate of drug-likeness (QED) is 0.908. The number of rotatable bonds is 4. The van der Waals surface area contributed by atoms with Crippen LogP contribution in [0.4, 0.5) is 0 Å². The normalized spacial score (nSPS) is 21.4. The minimum atomic E-state index is 0.192. The Kier molecular flexibility index (Phi) is 5.57. The smallest absolute Gasteiger partial charge is 0.0304 e. The van der Waals surface area contributed by atoms with Crippen LogP contribution in [-0.2, 0) is 13.1 Å². The van der Waals surface area contributed by atoms with Crippen LogP contribution in [-0.4, -0.2) is 34.5 Å². The molecule has 1 aromatic rings. The molecule has 2 heterocycles. The van der Waals surface area contributed by atoms with E-state index in [-0.39, 0.29) is 5.54 Å². The van der Waals surface area contributed by atoms with Crippen LogP contribution in [0.25, 0.3) is 0 Å². The Morgan fingerprint density at radius 2 is 2.15 bits per heavy atom. The first-order valence-corrected chi connectivity index (χ1v) is 9.37. The first-order valence-electron chi connectivity index (χ1n) is 7.50. The largest absolute Gasteiger partial charge is 0.307 e. The molecule has 114 valence electrons. The van der Waals surface area contributed by atoms with Gasteiger partial charge in [-0.25, -0.2) is 0 Å². The lowest BCUT2D eigenvalue weighted by Crippen LogP contribution is -2.36. The molecule has 0 radical (unpaired) electrons. The monoisotopic (exact) mass is 312 g/mol. The van der Waals surface area contributed by atoms with E-state index in [1.54, 1.807) is 0 Å². The van der Waals surface area contributed by atoms with Crippen LogP contribution in [0.2, 0.25) is 0 Å². The summed E-state index contributed by atoms with van der Waals surface area (Å²) in [5.41, 5.74) is 1.72. The molecule has 1 atom stereocenters. The number of thioether (sulfide) groups is 1. The summed E-state index contributed by atoms with van der Waals surface area (Å²) >= 11 is 4.05. The fourth-order valence-electron chi connectivity index (χ4n) is 2.46. The standard InChI is InChI=1S/C16H28N2S2/c1-12-10-18(6-7-19-12)11-14-8-15(20-13(14)2)9-17-16(3,4)5/h8,12,17H,6-7,9-11H2,1-5H3. The molecule has 0 aromatic carbocycles. The third kappa shape index (κ3) is 5.06. The summed E-state index contributed by atoms with van der Waals surface area (Å²) in [7, 11) is 0. The Morgan fingerprint density at radius 3 is 2.80 bits per heavy atom. The van der Waals surface area contributed by atoms with E-state index in [0.29, 0.717) is 0 Å². The minimum Gasteiger partial charge on any atom is -0.307 e. The summed E-state index contributed by atoms with van der Waals surface area (Å²) < 4.78 is 0. The maximum Gasteiger partial charge on any atom is 0.0304 e. The van der Waals surface area contributed by atoms with E-state index in [9.17, 15) is 0 Å². The van der Waals surface area contributed by atoms with Gasteiger partial charge in [0.05, 0.1) is 0 Å². The molecule has 1 aliphatic heterocycles. The highest BCUT2D eigenvalue weighted by molar-refractivity contribution is 7.99. The topological polar surface area (TPSA) is 15.3 Å². The first-order chi connectivity index (χ1) is 9.33. The number of thiophene rings is 1. The summed E-state index contributed by atoms with van der Waals surface area (Å²) in [6.45, 7) is 15.9. The average molecular weight is 313 g/mol. The number of aryl methyl sites for hydroxylation is 1. The van der Waals surface area contributed by atoms with E-state index >= 15 is 0 Å². The van der Waals surface area contributed by atoms with Gasteiger partial charge in [-0.1, -0.05) is 6.92 Å². The van der Waals surface area contributed by atoms with E-state index in [4.69, 9.17) is 0 Å². The van der Waals surface area contributed by atoms with E-state index in [1.165, 1.54) is 34.2 Å². The van der Waals surface area contributed by atoms with Crippen LogP contribution >= 0.6 is 23.1 Å². The molecule has 1 unspecified atom stereocenters. The zero-order valence-electron chi connectivity index (χ0n) is 13.5. The lowest BCUT2D eigenvalue weighted by atomic mass is 10.1. The van der Waals surface area contributed by atoms with Gasteiger partial charge in [-0.15, -0.1) is 11.3 Å². The molecule has 1 aliphatic rings. The van der Waals surface area contributed by atoms with Gasteiger partial charge in [0.2, 0.25) is 0 Å². The Balaban J connectivity index is 1.93. The second-order valence-electron chi connectivity index (χ2n) is 6.81. The summed E-state index contributed by atoms with van der Waals surface area (Å²) in [5.74, 6) is 1.28. The van der Waals surface area contributed by atoms with Crippen molar-refractivity contribution in [2.24, 2.45) is 0 Å². The highest BCUT2D eigenvalue weighted by Crippen LogP contribution is 2.25. The van der Waals surface area contributed by atoms with E-state index in [2.05, 4.69) is 62.7 Å². The third-order valence-corrected chi connectivity index (χ3v) is 5.81. The number of hydrogen-bond donors (Lipinski definition) is 1. The zero-order valence-corrected chi connectivity index (χ0v) is 15.1. The summed E-state index contributed by atoms with van der Waals surface area (Å²) in [5, 5.41) is 4.37. The van der Waals surface area contributed by atoms with Crippen LogP contribution < -0.4 is 5.32 Å². The number of nitrogens with one attached hydrogen (secondary N) is 1. The summed E-state index contributed by atoms with van der Waals surface area (Å²) in [6, 6.07) is 2.41. The predicted molar refractivity (Wildman–Crippen MR) is 92.8 cm³/mol. The SMILES string of the molecule is Cc1sc(CNC(C)(C)C)cc1CN1CCSC(C)C1. The van der Waals surface area contributed by atoms with Crippen molar-refractivity contribution in [1.82, 2.24) is 10.2 Å². The van der Waals surface area contributed by atoms with Gasteiger partial charge in [0, 0.05) is 52.5 Å². The van der Waals surface area contributed by atoms with Crippen molar-refractivity contribution in [3.05, 3.63) is 21.4 Å². The molecule has 1 saturated heterocycles. The van der Waals surface area contributed by atoms with Crippen molar-refractivity contribution < 1.29 is 0 Å². The molecule has 0 bridgehead atoms.